The molecule has 0 amide bonds. The van der Waals surface area contributed by atoms with Gasteiger partial charge in [-0.2, -0.15) is 0 Å². The number of rotatable bonds is 3. The van der Waals surface area contributed by atoms with Gasteiger partial charge in [0.1, 0.15) is 0 Å². The minimum atomic E-state index is -0.885. The van der Waals surface area contributed by atoms with Gasteiger partial charge in [0, 0.05) is 43.7 Å². The molecule has 0 saturated heterocycles. The SMILES string of the molecule is [2H]c1cc2c3c(-n4c5c([2H])c([2H])c([2H])c([2H])c5c5c([2H])c(-n6c7c([2H])c([2H])c([2H])c([2H])c7c7c([2H])c([2H])c([2H])c([2H])c76)c([2H])c([2H])c54)c([2H])c([2H])c([2H])c3n(-c3ccccc3)c2c([2H])c1[2H]. The summed E-state index contributed by atoms with van der Waals surface area (Å²) in [4.78, 5) is 0. The van der Waals surface area contributed by atoms with Crippen molar-refractivity contribution in [1.82, 2.24) is 13.7 Å². The van der Waals surface area contributed by atoms with E-state index in [1.54, 1.807) is 30.3 Å². The van der Waals surface area contributed by atoms with Crippen molar-refractivity contribution >= 4 is 65.4 Å². The summed E-state index contributed by atoms with van der Waals surface area (Å²) < 4.78 is 193. The average Bonchev–Trinajstić information content (AvgIpc) is 3.96. The lowest BCUT2D eigenvalue weighted by atomic mass is 10.1. The van der Waals surface area contributed by atoms with Crippen molar-refractivity contribution in [3.8, 4) is 17.1 Å². The maximum absolute atomic E-state index is 9.95. The fraction of sp³-hybridized carbons (Fsp3) is 0. The second-order valence-electron chi connectivity index (χ2n) is 10.2. The van der Waals surface area contributed by atoms with Gasteiger partial charge in [-0.15, -0.1) is 0 Å². The molecule has 0 radical (unpaired) electrons. The number of hydrogen-bond donors (Lipinski definition) is 0. The van der Waals surface area contributed by atoms with E-state index in [9.17, 15) is 9.60 Å². The van der Waals surface area contributed by atoms with Crippen LogP contribution in [0, 0.1) is 0 Å². The lowest BCUT2D eigenvalue weighted by molar-refractivity contribution is 1.16. The Morgan fingerprint density at radius 3 is 1.60 bits per heavy atom. The molecule has 10 rings (SSSR count). The highest BCUT2D eigenvalue weighted by molar-refractivity contribution is 6.17. The third-order valence-corrected chi connectivity index (χ3v) is 7.92. The van der Waals surface area contributed by atoms with Crippen LogP contribution in [0.1, 0.15) is 28.8 Å². The highest BCUT2D eigenvalue weighted by Gasteiger charge is 2.20. The van der Waals surface area contributed by atoms with Crippen LogP contribution in [0.2, 0.25) is 0 Å². The summed E-state index contributed by atoms with van der Waals surface area (Å²) in [5, 5.41) is -1.75. The Morgan fingerprint density at radius 1 is 0.356 bits per heavy atom. The molecule has 0 fully saturated rings. The van der Waals surface area contributed by atoms with Gasteiger partial charge in [0.05, 0.1) is 67.6 Å². The van der Waals surface area contributed by atoms with Gasteiger partial charge in [-0.05, 0) is 66.5 Å². The second-order valence-corrected chi connectivity index (χ2v) is 10.2. The van der Waals surface area contributed by atoms with Crippen LogP contribution >= 0.6 is 0 Å². The van der Waals surface area contributed by atoms with Crippen molar-refractivity contribution in [1.29, 1.82) is 0 Å². The maximum atomic E-state index is 9.95. The van der Waals surface area contributed by atoms with E-state index in [1.165, 1.54) is 10.6 Å². The van der Waals surface area contributed by atoms with Gasteiger partial charge in [0.25, 0.3) is 0 Å². The van der Waals surface area contributed by atoms with Crippen LogP contribution in [0.5, 0.6) is 0 Å². The molecule has 0 aliphatic heterocycles. The normalized spacial score (nSPS) is 18.5. The molecule has 10 aromatic rings. The zero-order valence-corrected chi connectivity index (χ0v) is 22.8. The van der Waals surface area contributed by atoms with Gasteiger partial charge in [0.2, 0.25) is 0 Å². The minimum Gasteiger partial charge on any atom is -0.309 e. The zero-order valence-electron chi connectivity index (χ0n) is 43.8. The molecule has 7 aromatic carbocycles. The summed E-state index contributed by atoms with van der Waals surface area (Å²) >= 11 is 0. The number of benzene rings is 7. The third-order valence-electron chi connectivity index (χ3n) is 7.92. The Bertz CT molecular complexity index is 3870. The summed E-state index contributed by atoms with van der Waals surface area (Å²) in [7, 11) is 0. The zero-order chi connectivity index (χ0) is 47.8. The summed E-state index contributed by atoms with van der Waals surface area (Å²) in [5.74, 6) is 0. The van der Waals surface area contributed by atoms with E-state index >= 15 is 0 Å². The van der Waals surface area contributed by atoms with Crippen molar-refractivity contribution in [2.45, 2.75) is 0 Å². The first kappa shape index (κ1) is 11.8. The largest absolute Gasteiger partial charge is 0.309 e. The molecule has 0 aliphatic rings. The van der Waals surface area contributed by atoms with E-state index in [1.807, 2.05) is 0 Å². The molecule has 210 valence electrons. The van der Waals surface area contributed by atoms with Crippen LogP contribution in [-0.4, -0.2) is 13.7 Å². The van der Waals surface area contributed by atoms with Gasteiger partial charge in [-0.3, -0.25) is 0 Å². The van der Waals surface area contributed by atoms with E-state index in [0.29, 0.717) is 5.69 Å². The molecule has 45 heavy (non-hydrogen) atoms. The van der Waals surface area contributed by atoms with Gasteiger partial charge in [-0.1, -0.05) is 96.8 Å². The summed E-state index contributed by atoms with van der Waals surface area (Å²) in [5.41, 5.74) is -2.74. The molecule has 0 saturated carbocycles. The quantitative estimate of drug-likeness (QED) is 0.193. The molecule has 3 aromatic heterocycles. The molecule has 0 N–H and O–H groups in total. The Morgan fingerprint density at radius 2 is 0.889 bits per heavy atom. The van der Waals surface area contributed by atoms with Crippen LogP contribution in [0.3, 0.4) is 0 Å². The van der Waals surface area contributed by atoms with Crippen molar-refractivity contribution in [2.75, 3.05) is 0 Å². The lowest BCUT2D eigenvalue weighted by Crippen LogP contribution is -1.97. The minimum absolute atomic E-state index is 0.0154. The van der Waals surface area contributed by atoms with E-state index in [4.69, 9.17) is 19.2 Å². The summed E-state index contributed by atoms with van der Waals surface area (Å²) in [6.07, 6.45) is 0. The van der Waals surface area contributed by atoms with Crippen molar-refractivity contribution in [3.63, 3.8) is 0 Å². The Labute approximate surface area is 288 Å². The van der Waals surface area contributed by atoms with E-state index in [0.717, 1.165) is 9.13 Å². The number of hydrogen-bond acceptors (Lipinski definition) is 0. The molecule has 0 spiro atoms. The number of aromatic nitrogens is 3. The Kier molecular flexibility index (Phi) is 2.42. The molecule has 0 unspecified atom stereocenters. The van der Waals surface area contributed by atoms with Gasteiger partial charge in [0.15, 0.2) is 0 Å². The van der Waals surface area contributed by atoms with Crippen LogP contribution in [0.15, 0.2) is 163 Å². The molecular weight excluding hydrogens is 546 g/mol. The topological polar surface area (TPSA) is 14.8 Å². The summed E-state index contributed by atoms with van der Waals surface area (Å²) in [6, 6.07) is -5.49. The van der Waals surface area contributed by atoms with Crippen molar-refractivity contribution in [2.24, 2.45) is 0 Å². The fourth-order valence-electron chi connectivity index (χ4n) is 6.12. The van der Waals surface area contributed by atoms with E-state index in [-0.39, 0.29) is 32.6 Å². The fourth-order valence-corrected chi connectivity index (χ4v) is 6.12. The molecule has 3 nitrogen and oxygen atoms in total. The molecule has 0 bridgehead atoms. The van der Waals surface area contributed by atoms with Gasteiger partial charge < -0.3 is 13.7 Å². The molecule has 0 atom stereocenters. The third kappa shape index (κ3) is 3.35. The predicted molar refractivity (Wildman–Crippen MR) is 189 cm³/mol. The van der Waals surface area contributed by atoms with Crippen LogP contribution < -0.4 is 0 Å². The molecule has 0 aliphatic carbocycles. The molecule has 3 heterocycles. The van der Waals surface area contributed by atoms with Gasteiger partial charge >= 0.3 is 0 Å². The second kappa shape index (κ2) is 9.22. The highest BCUT2D eigenvalue weighted by Crippen LogP contribution is 2.41. The lowest BCUT2D eigenvalue weighted by Gasteiger charge is -2.12. The van der Waals surface area contributed by atoms with E-state index < -0.39 is 171 Å². The standard InChI is InChI=1S/C42H27N3/c1-2-13-28(14-3-1)43-38-22-11-7-18-33(38)42-40(43)23-12-24-41(42)45-37-21-10-6-17-32(37)34-27-29(25-26-39(34)45)44-35-19-8-4-15-30(35)31-16-5-9-20-36(31)44/h1-27H/i4D,5D,6D,7D,8D,9D,10D,11D,12D,15D,16D,17D,19D,20D,21D,22D,23D,24D,25D,26D,27D. The molecular formula is C42H27N3. The monoisotopic (exact) mass is 594 g/mol. The highest BCUT2D eigenvalue weighted by atomic mass is 15.0. The van der Waals surface area contributed by atoms with Crippen LogP contribution in [-0.2, 0) is 0 Å². The van der Waals surface area contributed by atoms with Gasteiger partial charge in [-0.25, -0.2) is 0 Å². The van der Waals surface area contributed by atoms with Crippen LogP contribution in [0.4, 0.5) is 0 Å². The van der Waals surface area contributed by atoms with Crippen molar-refractivity contribution < 1.29 is 28.8 Å². The van der Waals surface area contributed by atoms with Crippen LogP contribution in [0.25, 0.3) is 82.5 Å². The number of nitrogens with zero attached hydrogens (tertiary/aromatic N) is 3. The maximum Gasteiger partial charge on any atom is 0.0652 e. The Hall–Kier alpha value is -6.06. The molecule has 3 heteroatoms. The predicted octanol–water partition coefficient (Wildman–Crippen LogP) is 11.0. The van der Waals surface area contributed by atoms with E-state index in [2.05, 4.69) is 0 Å². The number of fused-ring (bicyclic) bond motifs is 9. The summed E-state index contributed by atoms with van der Waals surface area (Å²) in [6.45, 7) is 0. The smallest absolute Gasteiger partial charge is 0.0652 e. The van der Waals surface area contributed by atoms with Crippen molar-refractivity contribution in [3.05, 3.63) is 163 Å². The Balaban J connectivity index is 1.52. The number of para-hydroxylation sites is 5. The first-order valence-electron chi connectivity index (χ1n) is 24.3. The average molecular weight is 595 g/mol. The first-order chi connectivity index (χ1) is 31.1. The first-order valence-corrected chi connectivity index (χ1v) is 13.8.